The van der Waals surface area contributed by atoms with E-state index in [1.54, 1.807) is 0 Å². The Labute approximate surface area is 893 Å². The van der Waals surface area contributed by atoms with Gasteiger partial charge in [0.2, 0.25) is 0 Å². The van der Waals surface area contributed by atoms with Crippen LogP contribution in [0, 0.1) is 0 Å². The quantitative estimate of drug-likeness (QED) is 0.0761. The fraction of sp³-hybridized carbons (Fsp3) is 0.100. The van der Waals surface area contributed by atoms with E-state index in [0.29, 0.717) is 0 Å². The van der Waals surface area contributed by atoms with Crippen LogP contribution in [0.15, 0.2) is 464 Å². The van der Waals surface area contributed by atoms with Gasteiger partial charge in [-0.05, 0) is 437 Å². The van der Waals surface area contributed by atoms with Crippen LogP contribution < -0.4 is 93.2 Å². The van der Waals surface area contributed by atoms with Crippen LogP contribution in [0.4, 0.5) is 171 Å². The molecular formula is C120H108Br6N18. The largest absolute Gasteiger partial charge is 0.383 e. The monoisotopic (exact) mass is 2270 g/mol. The lowest BCUT2D eigenvalue weighted by atomic mass is 10.1. The first-order valence-corrected chi connectivity index (χ1v) is 52.9. The normalized spacial score (nSPS) is 13.5. The zero-order valence-corrected chi connectivity index (χ0v) is 88.5. The predicted octanol–water partition coefficient (Wildman–Crippen LogP) is 34.5. The van der Waals surface area contributed by atoms with E-state index in [-0.39, 0.29) is 0 Å². The van der Waals surface area contributed by atoms with Crippen molar-refractivity contribution in [1.29, 1.82) is 0 Å². The standard InChI is InChI=1S/C120H108Br6N18/c121-85-1-37-103(38-2-85)139-109-49-13-91(14-50-109)127-73-75-129-93-17-53-111(54-18-93)140(104-39-3-86(122)4-40-104)113-57-21-95(22-58-113)131-77-79-133-97-25-61-115(62-26-97)142(106-43-7-88(124)8-44-106)117-65-29-99(30-66-117)135-81-83-137-101-33-69-119(70-34-101)144(108-47-11-90(126)12-48-108)120-71-35-102(36-72-120)138-84-82-136-100-31-67-118(68-32-100)143(107-45-9-89(125)10-46-107)116-63-27-98(28-64-116)134-80-78-132-96-23-59-114(60-24-96)141(105-41-5-87(123)6-42-105)112-55-19-94(20-56-112)130-76-74-128-92-15-51-110(139)52-16-92/h1-72,127-138H,73-84H2. The van der Waals surface area contributed by atoms with Gasteiger partial charge >= 0.3 is 0 Å². The molecule has 0 atom stereocenters. The smallest absolute Gasteiger partial charge is 0.0463 e. The third kappa shape index (κ3) is 26.0. The van der Waals surface area contributed by atoms with E-state index in [0.717, 1.165) is 276 Å². The summed E-state index contributed by atoms with van der Waals surface area (Å²) < 4.78 is 6.14. The molecule has 24 heteroatoms. The Morgan fingerprint density at radius 3 is 0.229 bits per heavy atom. The summed E-state index contributed by atoms with van der Waals surface area (Å²) in [6, 6.07) is 155. The van der Waals surface area contributed by atoms with Gasteiger partial charge in [-0.1, -0.05) is 95.6 Å². The molecule has 0 radical (unpaired) electrons. The fourth-order valence-electron chi connectivity index (χ4n) is 17.4. The number of rotatable bonds is 6. The molecule has 0 aromatic heterocycles. The van der Waals surface area contributed by atoms with Gasteiger partial charge in [0.05, 0.1) is 0 Å². The zero-order chi connectivity index (χ0) is 98.1. The third-order valence-corrected chi connectivity index (χ3v) is 27.9. The lowest BCUT2D eigenvalue weighted by Gasteiger charge is -2.26. The summed E-state index contributed by atoms with van der Waals surface area (Å²) in [6.45, 7) is 8.65. The molecule has 19 heterocycles. The van der Waals surface area contributed by atoms with Crippen LogP contribution in [0.3, 0.4) is 0 Å². The predicted molar refractivity (Wildman–Crippen MR) is 635 cm³/mol. The van der Waals surface area contributed by atoms with Crippen LogP contribution in [0.5, 0.6) is 0 Å². The van der Waals surface area contributed by atoms with E-state index >= 15 is 0 Å². The van der Waals surface area contributed by atoms with Gasteiger partial charge in [-0.15, -0.1) is 0 Å². The molecule has 19 aliphatic heterocycles. The number of halogens is 6. The lowest BCUT2D eigenvalue weighted by molar-refractivity contribution is 1.08. The Morgan fingerprint density at radius 2 is 0.160 bits per heavy atom. The molecular weight excluding hydrogens is 2170 g/mol. The Bertz CT molecular complexity index is 5690. The SMILES string of the molecule is Brc1ccc(N2c3ccc(cc3)NCCNc3ccc(cc3)N(c3ccc(Br)cc3)c3ccc(cc3)NCCNc3ccc(cc3)N(c3ccc(Br)cc3)c3ccc(cc3)NCCNc3ccc(cc3)N(c3ccc(Br)cc3)c3ccc(cc3)NCCNc3ccc(cc3)N(c3ccc(Br)cc3)c3ccc(cc3)NCCNc3ccc(cc3)N(c3ccc(Br)cc3)c3ccc(cc3)NCCNc3ccc2cc3)cc1. The van der Waals surface area contributed by atoms with E-state index in [4.69, 9.17) is 0 Å². The second-order valence-electron chi connectivity index (χ2n) is 34.6. The van der Waals surface area contributed by atoms with E-state index in [1.807, 2.05) is 0 Å². The minimum absolute atomic E-state index is 0.721. The Morgan fingerprint density at radius 1 is 0.0972 bits per heavy atom. The molecule has 0 spiro atoms. The highest BCUT2D eigenvalue weighted by atomic mass is 79.9. The molecule has 0 amide bonds. The van der Waals surface area contributed by atoms with Crippen LogP contribution in [0.2, 0.25) is 0 Å². The molecule has 18 aromatic carbocycles. The Balaban J connectivity index is 0.516. The van der Waals surface area contributed by atoms with Crippen molar-refractivity contribution in [2.75, 3.05) is 172 Å². The van der Waals surface area contributed by atoms with Crippen molar-refractivity contribution < 1.29 is 0 Å². The van der Waals surface area contributed by atoms with Crippen LogP contribution in [-0.2, 0) is 0 Å². The topological polar surface area (TPSA) is 164 Å². The van der Waals surface area contributed by atoms with Crippen molar-refractivity contribution in [1.82, 2.24) is 0 Å². The van der Waals surface area contributed by atoms with Gasteiger partial charge in [-0.2, -0.15) is 0 Å². The molecule has 144 heavy (non-hydrogen) atoms. The summed E-state index contributed by atoms with van der Waals surface area (Å²) in [5.41, 5.74) is 31.4. The van der Waals surface area contributed by atoms with E-state index in [2.05, 4.69) is 626 Å². The van der Waals surface area contributed by atoms with Gasteiger partial charge < -0.3 is 93.2 Å². The zero-order valence-electron chi connectivity index (χ0n) is 79.0. The molecule has 0 saturated carbocycles. The summed E-state index contributed by atoms with van der Waals surface area (Å²) in [5.74, 6) is 0. The van der Waals surface area contributed by atoms with Crippen molar-refractivity contribution in [3.8, 4) is 0 Å². The second kappa shape index (κ2) is 48.3. The van der Waals surface area contributed by atoms with E-state index in [9.17, 15) is 0 Å². The van der Waals surface area contributed by atoms with Gasteiger partial charge in [0.1, 0.15) is 0 Å². The summed E-state index contributed by atoms with van der Waals surface area (Å²) in [6.07, 6.45) is 0. The van der Waals surface area contributed by atoms with Crippen molar-refractivity contribution in [3.05, 3.63) is 464 Å². The van der Waals surface area contributed by atoms with Crippen LogP contribution in [-0.4, -0.2) is 78.5 Å². The molecule has 18 nitrogen and oxygen atoms in total. The molecule has 12 N–H and O–H groups in total. The molecule has 0 aliphatic carbocycles. The van der Waals surface area contributed by atoms with Gasteiger partial charge in [0.25, 0.3) is 0 Å². The Hall–Kier alpha value is -14.8. The summed E-state index contributed by atoms with van der Waals surface area (Å²) in [5, 5.41) is 43.8. The molecule has 18 aromatic rings. The number of benzene rings is 18. The van der Waals surface area contributed by atoms with Gasteiger partial charge in [0, 0.05) is 276 Å². The molecule has 720 valence electrons. The fourth-order valence-corrected chi connectivity index (χ4v) is 19.0. The second-order valence-corrected chi connectivity index (χ2v) is 40.0. The first-order chi connectivity index (χ1) is 70.8. The highest BCUT2D eigenvalue weighted by Gasteiger charge is 2.22. The first-order valence-electron chi connectivity index (χ1n) is 48.2. The number of hydrogen-bond donors (Lipinski definition) is 12. The van der Waals surface area contributed by atoms with E-state index < -0.39 is 0 Å². The number of hydrogen-bond acceptors (Lipinski definition) is 18. The van der Waals surface area contributed by atoms with Crippen molar-refractivity contribution in [2.24, 2.45) is 0 Å². The number of nitrogens with zero attached hydrogens (tertiary/aromatic N) is 6. The number of nitrogens with one attached hydrogen (secondary N) is 12. The van der Waals surface area contributed by atoms with Gasteiger partial charge in [-0.25, -0.2) is 0 Å². The average molecular weight is 2280 g/mol. The molecule has 0 saturated heterocycles. The average Bonchev–Trinajstić information content (AvgIpc) is 0.826. The Kier molecular flexibility index (Phi) is 32.9. The first kappa shape index (κ1) is 98.0. The lowest BCUT2D eigenvalue weighted by Crippen LogP contribution is -2.15. The van der Waals surface area contributed by atoms with Crippen LogP contribution in [0.25, 0.3) is 0 Å². The molecule has 0 unspecified atom stereocenters. The van der Waals surface area contributed by atoms with Crippen molar-refractivity contribution in [3.63, 3.8) is 0 Å². The molecule has 0 fully saturated rings. The summed E-state index contributed by atoms with van der Waals surface area (Å²) >= 11 is 22.0. The molecule has 37 rings (SSSR count). The minimum Gasteiger partial charge on any atom is -0.383 e. The summed E-state index contributed by atoms with van der Waals surface area (Å²) in [4.78, 5) is 13.7. The molecule has 19 aliphatic rings. The highest BCUT2D eigenvalue weighted by molar-refractivity contribution is 9.11. The molecule has 24 bridgehead atoms. The third-order valence-electron chi connectivity index (χ3n) is 24.7. The van der Waals surface area contributed by atoms with Crippen molar-refractivity contribution in [2.45, 2.75) is 0 Å². The highest BCUT2D eigenvalue weighted by Crippen LogP contribution is 2.45. The van der Waals surface area contributed by atoms with Gasteiger partial charge in [-0.3, -0.25) is 0 Å². The summed E-state index contributed by atoms with van der Waals surface area (Å²) in [7, 11) is 0. The maximum atomic E-state index is 3.67. The van der Waals surface area contributed by atoms with Crippen LogP contribution in [0.1, 0.15) is 0 Å². The van der Waals surface area contributed by atoms with Crippen molar-refractivity contribution >= 4 is 266 Å². The van der Waals surface area contributed by atoms with Gasteiger partial charge in [0.15, 0.2) is 0 Å². The maximum Gasteiger partial charge on any atom is 0.0463 e. The number of anilines is 30. The van der Waals surface area contributed by atoms with E-state index in [1.165, 1.54) is 0 Å². The van der Waals surface area contributed by atoms with Crippen LogP contribution >= 0.6 is 95.6 Å². The maximum absolute atomic E-state index is 3.67. The minimum atomic E-state index is 0.721.